The first-order valence-corrected chi connectivity index (χ1v) is 11.8. The van der Waals surface area contributed by atoms with Crippen molar-refractivity contribution in [3.63, 3.8) is 0 Å². The molecular formula is C24H20N2O7S. The van der Waals surface area contributed by atoms with Crippen LogP contribution in [-0.4, -0.2) is 44.3 Å². The van der Waals surface area contributed by atoms with Crippen LogP contribution in [0.3, 0.4) is 0 Å². The highest BCUT2D eigenvalue weighted by Gasteiger charge is 2.36. The molecule has 0 radical (unpaired) electrons. The second kappa shape index (κ2) is 9.46. The van der Waals surface area contributed by atoms with Gasteiger partial charge in [-0.05, 0) is 48.0 Å². The first kappa shape index (κ1) is 23.1. The van der Waals surface area contributed by atoms with E-state index < -0.39 is 27.8 Å². The Labute approximate surface area is 195 Å². The summed E-state index contributed by atoms with van der Waals surface area (Å²) < 4.78 is 33.1. The predicted octanol–water partition coefficient (Wildman–Crippen LogP) is 2.37. The van der Waals surface area contributed by atoms with Crippen molar-refractivity contribution in [1.29, 1.82) is 0 Å². The Morgan fingerprint density at radius 2 is 1.53 bits per heavy atom. The van der Waals surface area contributed by atoms with Crippen LogP contribution >= 0.6 is 0 Å². The number of primary sulfonamides is 1. The van der Waals surface area contributed by atoms with Gasteiger partial charge in [0.1, 0.15) is 19.0 Å². The molecule has 3 aromatic rings. The molecule has 2 N–H and O–H groups in total. The number of carbonyl (C=O) groups excluding carboxylic acids is 3. The van der Waals surface area contributed by atoms with Crippen LogP contribution in [0.4, 0.5) is 0 Å². The topological polar surface area (TPSA) is 133 Å². The molecule has 9 nitrogen and oxygen atoms in total. The molecule has 2 amide bonds. The maximum absolute atomic E-state index is 12.8. The fraction of sp³-hybridized carbons (Fsp3) is 0.125. The zero-order valence-corrected chi connectivity index (χ0v) is 18.7. The molecule has 0 bridgehead atoms. The van der Waals surface area contributed by atoms with Crippen LogP contribution in [0, 0.1) is 0 Å². The van der Waals surface area contributed by atoms with Crippen molar-refractivity contribution in [3.05, 3.63) is 95.1 Å². The van der Waals surface area contributed by atoms with E-state index in [1.807, 2.05) is 30.3 Å². The van der Waals surface area contributed by atoms with Crippen molar-refractivity contribution in [2.45, 2.75) is 11.4 Å². The maximum Gasteiger partial charge on any atom is 0.338 e. The lowest BCUT2D eigenvalue weighted by Crippen LogP contribution is -2.29. The summed E-state index contributed by atoms with van der Waals surface area (Å²) in [5, 5.41) is 5.04. The molecule has 0 atom stereocenters. The second-order valence-corrected chi connectivity index (χ2v) is 9.00. The Hall–Kier alpha value is -4.02. The maximum atomic E-state index is 12.8. The fourth-order valence-electron chi connectivity index (χ4n) is 3.43. The van der Waals surface area contributed by atoms with Gasteiger partial charge in [0.2, 0.25) is 10.0 Å². The minimum atomic E-state index is -3.79. The van der Waals surface area contributed by atoms with E-state index in [9.17, 15) is 22.8 Å². The monoisotopic (exact) mass is 480 g/mol. The third-order valence-electron chi connectivity index (χ3n) is 5.13. The number of nitrogens with two attached hydrogens (primary N) is 1. The van der Waals surface area contributed by atoms with Gasteiger partial charge in [0.15, 0.2) is 0 Å². The third kappa shape index (κ3) is 4.98. The van der Waals surface area contributed by atoms with E-state index >= 15 is 0 Å². The molecule has 0 fully saturated rings. The fourth-order valence-corrected chi connectivity index (χ4v) is 3.95. The summed E-state index contributed by atoms with van der Waals surface area (Å²) in [5.74, 6) is -1.17. The standard InChI is InChI=1S/C24H20N2O7S/c25-34(30,31)19-9-7-18(8-10-19)32-12-13-33-24(29)17-6-11-20-21(14-17)23(28)26(22(20)27)15-16-4-2-1-3-5-16/h1-11,14H,12-13,15H2,(H2,25,30,31). The Morgan fingerprint density at radius 1 is 0.853 bits per heavy atom. The van der Waals surface area contributed by atoms with E-state index in [0.717, 1.165) is 10.5 Å². The van der Waals surface area contributed by atoms with E-state index in [0.29, 0.717) is 5.75 Å². The zero-order chi connectivity index (χ0) is 24.3. The molecule has 0 aromatic heterocycles. The molecule has 0 spiro atoms. The number of fused-ring (bicyclic) bond motifs is 1. The molecule has 1 heterocycles. The third-order valence-corrected chi connectivity index (χ3v) is 6.06. The first-order valence-electron chi connectivity index (χ1n) is 10.2. The second-order valence-electron chi connectivity index (χ2n) is 7.44. The Balaban J connectivity index is 1.34. The number of sulfonamides is 1. The van der Waals surface area contributed by atoms with Gasteiger partial charge >= 0.3 is 5.97 Å². The highest BCUT2D eigenvalue weighted by atomic mass is 32.2. The number of rotatable bonds is 8. The molecule has 34 heavy (non-hydrogen) atoms. The Bertz CT molecular complexity index is 1350. The molecule has 0 saturated heterocycles. The van der Waals surface area contributed by atoms with Gasteiger partial charge in [0.05, 0.1) is 28.1 Å². The molecular weight excluding hydrogens is 460 g/mol. The summed E-state index contributed by atoms with van der Waals surface area (Å²) in [7, 11) is -3.79. The largest absolute Gasteiger partial charge is 0.490 e. The average molecular weight is 480 g/mol. The highest BCUT2D eigenvalue weighted by Crippen LogP contribution is 2.26. The average Bonchev–Trinajstić information content (AvgIpc) is 3.06. The van der Waals surface area contributed by atoms with Gasteiger partial charge in [0, 0.05) is 0 Å². The highest BCUT2D eigenvalue weighted by molar-refractivity contribution is 7.89. The number of hydrogen-bond acceptors (Lipinski definition) is 7. The molecule has 0 aliphatic carbocycles. The van der Waals surface area contributed by atoms with E-state index in [-0.39, 0.29) is 41.3 Å². The summed E-state index contributed by atoms with van der Waals surface area (Å²) in [6, 6.07) is 18.9. The summed E-state index contributed by atoms with van der Waals surface area (Å²) in [5.41, 5.74) is 1.35. The van der Waals surface area contributed by atoms with Crippen LogP contribution in [-0.2, 0) is 21.3 Å². The van der Waals surface area contributed by atoms with Crippen molar-refractivity contribution in [1.82, 2.24) is 4.90 Å². The number of amides is 2. The van der Waals surface area contributed by atoms with Gasteiger partial charge in [0.25, 0.3) is 11.8 Å². The molecule has 0 unspecified atom stereocenters. The number of nitrogens with zero attached hydrogens (tertiary/aromatic N) is 1. The van der Waals surface area contributed by atoms with Crippen LogP contribution in [0.5, 0.6) is 5.75 Å². The minimum Gasteiger partial charge on any atom is -0.490 e. The van der Waals surface area contributed by atoms with E-state index in [4.69, 9.17) is 14.6 Å². The summed E-state index contributed by atoms with van der Waals surface area (Å²) in [6.07, 6.45) is 0. The first-order chi connectivity index (χ1) is 16.2. The Morgan fingerprint density at radius 3 is 2.21 bits per heavy atom. The number of ether oxygens (including phenoxy) is 2. The molecule has 3 aromatic carbocycles. The van der Waals surface area contributed by atoms with Gasteiger partial charge in [-0.1, -0.05) is 30.3 Å². The van der Waals surface area contributed by atoms with E-state index in [1.54, 1.807) is 0 Å². The summed E-state index contributed by atoms with van der Waals surface area (Å²) in [4.78, 5) is 38.9. The van der Waals surface area contributed by atoms with Crippen LogP contribution in [0.15, 0.2) is 77.7 Å². The van der Waals surface area contributed by atoms with Crippen LogP contribution in [0.1, 0.15) is 36.6 Å². The molecule has 4 rings (SSSR count). The van der Waals surface area contributed by atoms with E-state index in [2.05, 4.69) is 0 Å². The quantitative estimate of drug-likeness (QED) is 0.297. The SMILES string of the molecule is NS(=O)(=O)c1ccc(OCCOC(=O)c2ccc3c(c2)C(=O)N(Cc2ccccc2)C3=O)cc1. The lowest BCUT2D eigenvalue weighted by atomic mass is 10.1. The van der Waals surface area contributed by atoms with Crippen molar-refractivity contribution in [2.24, 2.45) is 5.14 Å². The lowest BCUT2D eigenvalue weighted by molar-refractivity contribution is 0.0450. The summed E-state index contributed by atoms with van der Waals surface area (Å²) >= 11 is 0. The van der Waals surface area contributed by atoms with Gasteiger partial charge in [-0.2, -0.15) is 0 Å². The van der Waals surface area contributed by atoms with Crippen molar-refractivity contribution in [2.75, 3.05) is 13.2 Å². The zero-order valence-electron chi connectivity index (χ0n) is 17.8. The number of benzene rings is 3. The Kier molecular flexibility index (Phi) is 6.44. The molecule has 0 saturated carbocycles. The van der Waals surface area contributed by atoms with Crippen LogP contribution in [0.25, 0.3) is 0 Å². The van der Waals surface area contributed by atoms with Crippen molar-refractivity contribution < 1.29 is 32.3 Å². The normalized spacial score (nSPS) is 13.0. The smallest absolute Gasteiger partial charge is 0.338 e. The van der Waals surface area contributed by atoms with Crippen molar-refractivity contribution >= 4 is 27.8 Å². The van der Waals surface area contributed by atoms with Crippen LogP contribution < -0.4 is 9.88 Å². The van der Waals surface area contributed by atoms with Gasteiger partial charge in [-0.3, -0.25) is 14.5 Å². The van der Waals surface area contributed by atoms with Crippen molar-refractivity contribution in [3.8, 4) is 5.75 Å². The van der Waals surface area contributed by atoms with Gasteiger partial charge < -0.3 is 9.47 Å². The van der Waals surface area contributed by atoms with E-state index in [1.165, 1.54) is 42.5 Å². The number of carbonyl (C=O) groups is 3. The number of esters is 1. The minimum absolute atomic E-state index is 0.0215. The van der Waals surface area contributed by atoms with Crippen LogP contribution in [0.2, 0.25) is 0 Å². The summed E-state index contributed by atoms with van der Waals surface area (Å²) in [6.45, 7) is 0.0794. The molecule has 1 aliphatic rings. The van der Waals surface area contributed by atoms with Gasteiger partial charge in [-0.25, -0.2) is 18.4 Å². The number of hydrogen-bond donors (Lipinski definition) is 1. The van der Waals surface area contributed by atoms with Gasteiger partial charge in [-0.15, -0.1) is 0 Å². The molecule has 174 valence electrons. The number of imide groups is 1. The lowest BCUT2D eigenvalue weighted by Gasteiger charge is -2.13. The molecule has 10 heteroatoms. The predicted molar refractivity (Wildman–Crippen MR) is 121 cm³/mol. The molecule has 1 aliphatic heterocycles.